The maximum Gasteiger partial charge on any atom is 0.418 e. The molecule has 0 rings (SSSR count). The lowest BCUT2D eigenvalue weighted by Gasteiger charge is -2.38. The lowest BCUT2D eigenvalue weighted by molar-refractivity contribution is -0.481. The van der Waals surface area contributed by atoms with Gasteiger partial charge in [0.05, 0.1) is 0 Å². The Labute approximate surface area is 119 Å². The molecule has 0 fully saturated rings. The minimum absolute atomic E-state index is 0.295. The highest BCUT2D eigenvalue weighted by atomic mass is 19.3. The molecule has 0 aromatic carbocycles. The minimum atomic E-state index is -5.71. The predicted molar refractivity (Wildman–Crippen MR) is 53.6 cm³/mol. The number of hydrogen-bond donors (Lipinski definition) is 0. The van der Waals surface area contributed by atoms with Crippen LogP contribution in [0.4, 0.5) is 39.5 Å². The van der Waals surface area contributed by atoms with E-state index in [9.17, 15) is 39.5 Å². The van der Waals surface area contributed by atoms with Gasteiger partial charge in [-0.2, -0.15) is 22.0 Å². The van der Waals surface area contributed by atoms with Crippen molar-refractivity contribution in [2.45, 2.75) is 57.0 Å². The van der Waals surface area contributed by atoms with Crippen LogP contribution in [0.1, 0.15) is 20.8 Å². The Balaban J connectivity index is 5.42. The van der Waals surface area contributed by atoms with E-state index in [0.717, 1.165) is 0 Å². The van der Waals surface area contributed by atoms with Crippen molar-refractivity contribution in [2.75, 3.05) is 7.11 Å². The zero-order chi connectivity index (χ0) is 18.2. The van der Waals surface area contributed by atoms with Crippen molar-refractivity contribution in [1.82, 2.24) is 0 Å². The fourth-order valence-electron chi connectivity index (χ4n) is 0.921. The summed E-state index contributed by atoms with van der Waals surface area (Å²) in [7, 11) is 0.516. The van der Waals surface area contributed by atoms with Gasteiger partial charge in [0.2, 0.25) is 0 Å². The Morgan fingerprint density at radius 1 is 0.773 bits per heavy atom. The smallest absolute Gasteiger partial charge is 0.330 e. The quantitative estimate of drug-likeness (QED) is 0.485. The second-order valence-electron chi connectivity index (χ2n) is 4.57. The molecular formula is C10H13F9O3. The molecule has 3 nitrogen and oxygen atoms in total. The van der Waals surface area contributed by atoms with Crippen LogP contribution in [0.5, 0.6) is 0 Å². The predicted octanol–water partition coefficient (Wildman–Crippen LogP) is 4.17. The summed E-state index contributed by atoms with van der Waals surface area (Å²) in [6.07, 6.45) is -11.1. The second-order valence-corrected chi connectivity index (χ2v) is 4.57. The van der Waals surface area contributed by atoms with Gasteiger partial charge in [0, 0.05) is 21.0 Å². The molecule has 22 heavy (non-hydrogen) atoms. The van der Waals surface area contributed by atoms with Gasteiger partial charge in [-0.05, 0) is 6.92 Å². The first-order valence-electron chi connectivity index (χ1n) is 5.47. The summed E-state index contributed by atoms with van der Waals surface area (Å²) in [6, 6.07) is 0. The summed E-state index contributed by atoms with van der Waals surface area (Å²) in [5.74, 6) is -9.64. The molecule has 0 aromatic heterocycles. The topological polar surface area (TPSA) is 27.7 Å². The van der Waals surface area contributed by atoms with Crippen molar-refractivity contribution in [3.63, 3.8) is 0 Å². The van der Waals surface area contributed by atoms with Gasteiger partial charge >= 0.3 is 24.6 Å². The molecule has 0 aliphatic heterocycles. The van der Waals surface area contributed by atoms with Gasteiger partial charge in [-0.3, -0.25) is 9.47 Å². The van der Waals surface area contributed by atoms with Gasteiger partial charge in [-0.1, -0.05) is 0 Å². The number of rotatable bonds is 8. The summed E-state index contributed by atoms with van der Waals surface area (Å²) in [5.41, 5.74) is -4.85. The van der Waals surface area contributed by atoms with Crippen LogP contribution >= 0.6 is 0 Å². The zero-order valence-electron chi connectivity index (χ0n) is 11.7. The number of ether oxygens (including phenoxy) is 3. The van der Waals surface area contributed by atoms with Crippen molar-refractivity contribution in [2.24, 2.45) is 0 Å². The average molecular weight is 352 g/mol. The molecule has 0 radical (unpaired) electrons. The molecular weight excluding hydrogens is 339 g/mol. The van der Waals surface area contributed by atoms with Crippen LogP contribution in [-0.2, 0) is 14.2 Å². The summed E-state index contributed by atoms with van der Waals surface area (Å²) in [5, 5.41) is 0. The molecule has 0 amide bonds. The van der Waals surface area contributed by atoms with Gasteiger partial charge in [-0.25, -0.2) is 17.6 Å². The van der Waals surface area contributed by atoms with E-state index in [1.165, 1.54) is 0 Å². The first kappa shape index (κ1) is 21.2. The number of methoxy groups -OCH3 is 1. The van der Waals surface area contributed by atoms with Gasteiger partial charge < -0.3 is 4.74 Å². The molecule has 0 aliphatic rings. The highest BCUT2D eigenvalue weighted by Crippen LogP contribution is 2.49. The molecule has 0 bridgehead atoms. The van der Waals surface area contributed by atoms with Crippen molar-refractivity contribution in [1.29, 1.82) is 0 Å². The third kappa shape index (κ3) is 4.16. The Hall–Kier alpha value is -0.750. The molecule has 0 saturated heterocycles. The van der Waals surface area contributed by atoms with Crippen LogP contribution in [0.3, 0.4) is 0 Å². The maximum absolute atomic E-state index is 13.6. The van der Waals surface area contributed by atoms with Crippen LogP contribution in [0.2, 0.25) is 0 Å². The first-order chi connectivity index (χ1) is 9.41. The van der Waals surface area contributed by atoms with Crippen LogP contribution in [0.25, 0.3) is 0 Å². The SMILES string of the molecule is COC(F)OC(F)(F)C(C)(F)OC(F)(F)C(C)(F)C(C)(F)F. The van der Waals surface area contributed by atoms with Gasteiger partial charge in [0.25, 0.3) is 11.6 Å². The van der Waals surface area contributed by atoms with E-state index in [0.29, 0.717) is 7.11 Å². The third-order valence-electron chi connectivity index (χ3n) is 2.64. The minimum Gasteiger partial charge on any atom is -0.330 e. The van der Waals surface area contributed by atoms with Crippen molar-refractivity contribution >= 4 is 0 Å². The van der Waals surface area contributed by atoms with E-state index >= 15 is 0 Å². The lowest BCUT2D eigenvalue weighted by atomic mass is 10.00. The lowest BCUT2D eigenvalue weighted by Crippen LogP contribution is -2.60. The Bertz CT molecular complexity index is 378. The number of alkyl halides is 9. The van der Waals surface area contributed by atoms with Gasteiger partial charge in [0.1, 0.15) is 0 Å². The van der Waals surface area contributed by atoms with Crippen molar-refractivity contribution in [3.05, 3.63) is 0 Å². The molecule has 0 N–H and O–H groups in total. The van der Waals surface area contributed by atoms with E-state index in [-0.39, 0.29) is 20.8 Å². The first-order valence-corrected chi connectivity index (χ1v) is 5.47. The van der Waals surface area contributed by atoms with Crippen molar-refractivity contribution in [3.8, 4) is 0 Å². The van der Waals surface area contributed by atoms with Crippen molar-refractivity contribution < 1.29 is 53.7 Å². The van der Waals surface area contributed by atoms with Crippen LogP contribution in [0, 0.1) is 0 Å². The van der Waals surface area contributed by atoms with Crippen LogP contribution in [0.15, 0.2) is 0 Å². The van der Waals surface area contributed by atoms with E-state index in [2.05, 4.69) is 14.2 Å². The monoisotopic (exact) mass is 352 g/mol. The third-order valence-corrected chi connectivity index (χ3v) is 2.64. The number of halogens is 9. The molecule has 0 saturated carbocycles. The number of hydrogen-bond acceptors (Lipinski definition) is 3. The molecule has 0 heterocycles. The Morgan fingerprint density at radius 3 is 1.50 bits per heavy atom. The fourth-order valence-corrected chi connectivity index (χ4v) is 0.921. The zero-order valence-corrected chi connectivity index (χ0v) is 11.7. The standard InChI is InChI=1S/C10H13F9O3/c1-6(12,7(2,13)14)9(16,17)22-8(3,15)10(18,19)21-5(11)20-4/h5H,1-4H3. The second kappa shape index (κ2) is 6.04. The van der Waals surface area contributed by atoms with Gasteiger partial charge in [0.15, 0.2) is 0 Å². The largest absolute Gasteiger partial charge is 0.418 e. The summed E-state index contributed by atoms with van der Waals surface area (Å²) < 4.78 is 127. The summed E-state index contributed by atoms with van der Waals surface area (Å²) in [4.78, 5) is 0. The molecule has 0 spiro atoms. The molecule has 0 aliphatic carbocycles. The maximum atomic E-state index is 13.6. The molecule has 3 atom stereocenters. The fraction of sp³-hybridized carbons (Fsp3) is 1.00. The van der Waals surface area contributed by atoms with E-state index in [1.807, 2.05) is 0 Å². The normalized spacial score (nSPS) is 21.1. The van der Waals surface area contributed by atoms with E-state index in [4.69, 9.17) is 0 Å². The average Bonchev–Trinajstić information content (AvgIpc) is 2.24. The Kier molecular flexibility index (Phi) is 5.83. The summed E-state index contributed by atoms with van der Waals surface area (Å²) >= 11 is 0. The highest BCUT2D eigenvalue weighted by molar-refractivity contribution is 4.95. The highest BCUT2D eigenvalue weighted by Gasteiger charge is 2.71. The van der Waals surface area contributed by atoms with Crippen LogP contribution < -0.4 is 0 Å². The Morgan fingerprint density at radius 2 is 1.18 bits per heavy atom. The summed E-state index contributed by atoms with van der Waals surface area (Å²) in [6.45, 7) is -4.30. The van der Waals surface area contributed by atoms with Gasteiger partial charge in [-0.15, -0.1) is 0 Å². The van der Waals surface area contributed by atoms with Crippen LogP contribution in [-0.4, -0.2) is 43.3 Å². The van der Waals surface area contributed by atoms with E-state index in [1.54, 1.807) is 0 Å². The molecule has 12 heteroatoms. The molecule has 134 valence electrons. The molecule has 0 aromatic rings. The molecule has 3 unspecified atom stereocenters. The van der Waals surface area contributed by atoms with E-state index < -0.39 is 36.2 Å².